The van der Waals surface area contributed by atoms with Crippen LogP contribution < -0.4 is 5.32 Å². The smallest absolute Gasteiger partial charge is 0.370 e. The van der Waals surface area contributed by atoms with Gasteiger partial charge in [-0.1, -0.05) is 0 Å². The molecule has 0 atom stereocenters. The number of aromatic nitrogens is 2. The number of rotatable bonds is 7. The standard InChI is InChI=1S/C11H16F3N3O/c12-11(13,14)8-18-6-5-17-10(3-4-16-17)7-15-9-1-2-9/h3-4,9,15H,1-2,5-8H2. The zero-order valence-electron chi connectivity index (χ0n) is 9.91. The van der Waals surface area contributed by atoms with Crippen LogP contribution in [0.25, 0.3) is 0 Å². The molecule has 1 aromatic rings. The quantitative estimate of drug-likeness (QED) is 0.761. The highest BCUT2D eigenvalue weighted by Crippen LogP contribution is 2.19. The number of nitrogens with one attached hydrogen (secondary N) is 1. The summed E-state index contributed by atoms with van der Waals surface area (Å²) >= 11 is 0. The maximum Gasteiger partial charge on any atom is 0.411 e. The van der Waals surface area contributed by atoms with Gasteiger partial charge in [-0.25, -0.2) is 0 Å². The molecule has 0 amide bonds. The molecule has 1 aromatic heterocycles. The van der Waals surface area contributed by atoms with Crippen LogP contribution in [0.3, 0.4) is 0 Å². The first-order valence-electron chi connectivity index (χ1n) is 5.93. The monoisotopic (exact) mass is 263 g/mol. The lowest BCUT2D eigenvalue weighted by atomic mass is 10.4. The number of hydrogen-bond donors (Lipinski definition) is 1. The molecule has 1 aliphatic rings. The van der Waals surface area contributed by atoms with Gasteiger partial charge in [0.25, 0.3) is 0 Å². The Kier molecular flexibility index (Phi) is 4.23. The van der Waals surface area contributed by atoms with Crippen LogP contribution in [-0.4, -0.2) is 35.2 Å². The van der Waals surface area contributed by atoms with Crippen LogP contribution in [0.5, 0.6) is 0 Å². The van der Waals surface area contributed by atoms with E-state index in [0.717, 1.165) is 5.69 Å². The Morgan fingerprint density at radius 3 is 2.89 bits per heavy atom. The maximum absolute atomic E-state index is 11.9. The Balaban J connectivity index is 1.69. The molecule has 1 fully saturated rings. The fraction of sp³-hybridized carbons (Fsp3) is 0.727. The molecule has 0 saturated heterocycles. The van der Waals surface area contributed by atoms with Crippen LogP contribution >= 0.6 is 0 Å². The van der Waals surface area contributed by atoms with Crippen molar-refractivity contribution in [3.63, 3.8) is 0 Å². The fourth-order valence-corrected chi connectivity index (χ4v) is 1.59. The van der Waals surface area contributed by atoms with E-state index < -0.39 is 12.8 Å². The molecule has 0 radical (unpaired) electrons. The molecule has 1 saturated carbocycles. The molecule has 0 bridgehead atoms. The maximum atomic E-state index is 11.9. The molecular weight excluding hydrogens is 247 g/mol. The third-order valence-electron chi connectivity index (χ3n) is 2.67. The molecule has 1 heterocycles. The molecule has 0 aromatic carbocycles. The van der Waals surface area contributed by atoms with E-state index in [-0.39, 0.29) is 6.61 Å². The molecular formula is C11H16F3N3O. The number of hydrogen-bond acceptors (Lipinski definition) is 3. The zero-order valence-corrected chi connectivity index (χ0v) is 9.91. The fourth-order valence-electron chi connectivity index (χ4n) is 1.59. The first kappa shape index (κ1) is 13.4. The van der Waals surface area contributed by atoms with Gasteiger partial charge >= 0.3 is 6.18 Å². The minimum absolute atomic E-state index is 0.0115. The summed E-state index contributed by atoms with van der Waals surface area (Å²) in [5.74, 6) is 0. The molecule has 7 heteroatoms. The summed E-state index contributed by atoms with van der Waals surface area (Å²) in [7, 11) is 0. The van der Waals surface area contributed by atoms with E-state index in [9.17, 15) is 13.2 Å². The van der Waals surface area contributed by atoms with Gasteiger partial charge in [-0.3, -0.25) is 4.68 Å². The highest BCUT2D eigenvalue weighted by Gasteiger charge is 2.27. The van der Waals surface area contributed by atoms with Gasteiger partial charge < -0.3 is 10.1 Å². The molecule has 1 aliphatic carbocycles. The van der Waals surface area contributed by atoms with Gasteiger partial charge in [0.15, 0.2) is 0 Å². The molecule has 2 rings (SSSR count). The third-order valence-corrected chi connectivity index (χ3v) is 2.67. The summed E-state index contributed by atoms with van der Waals surface area (Å²) in [6.07, 6.45) is -0.222. The predicted molar refractivity (Wildman–Crippen MR) is 59.0 cm³/mol. The van der Waals surface area contributed by atoms with Crippen LogP contribution in [-0.2, 0) is 17.8 Å². The van der Waals surface area contributed by atoms with Gasteiger partial charge in [-0.2, -0.15) is 18.3 Å². The highest BCUT2D eigenvalue weighted by atomic mass is 19.4. The Morgan fingerprint density at radius 2 is 2.22 bits per heavy atom. The minimum Gasteiger partial charge on any atom is -0.370 e. The van der Waals surface area contributed by atoms with Gasteiger partial charge in [-0.05, 0) is 18.9 Å². The highest BCUT2D eigenvalue weighted by molar-refractivity contribution is 5.01. The molecule has 1 N–H and O–H groups in total. The van der Waals surface area contributed by atoms with E-state index in [1.54, 1.807) is 10.9 Å². The molecule has 18 heavy (non-hydrogen) atoms. The van der Waals surface area contributed by atoms with Gasteiger partial charge in [0.1, 0.15) is 6.61 Å². The largest absolute Gasteiger partial charge is 0.411 e. The van der Waals surface area contributed by atoms with E-state index in [0.29, 0.717) is 19.1 Å². The van der Waals surface area contributed by atoms with E-state index in [2.05, 4.69) is 15.2 Å². The average molecular weight is 263 g/mol. The lowest BCUT2D eigenvalue weighted by molar-refractivity contribution is -0.174. The van der Waals surface area contributed by atoms with Crippen molar-refractivity contribution in [1.82, 2.24) is 15.1 Å². The van der Waals surface area contributed by atoms with E-state index >= 15 is 0 Å². The number of alkyl halides is 3. The van der Waals surface area contributed by atoms with Gasteiger partial charge in [-0.15, -0.1) is 0 Å². The lowest BCUT2D eigenvalue weighted by Crippen LogP contribution is -2.22. The summed E-state index contributed by atoms with van der Waals surface area (Å²) in [5, 5.41) is 7.40. The summed E-state index contributed by atoms with van der Waals surface area (Å²) in [6, 6.07) is 2.45. The average Bonchev–Trinajstić information content (AvgIpc) is 3.01. The molecule has 0 aliphatic heterocycles. The first-order valence-corrected chi connectivity index (χ1v) is 5.93. The molecule has 102 valence electrons. The summed E-state index contributed by atoms with van der Waals surface area (Å²) in [5.41, 5.74) is 0.970. The second kappa shape index (κ2) is 5.71. The van der Waals surface area contributed by atoms with Crippen LogP contribution in [0.2, 0.25) is 0 Å². The zero-order chi connectivity index (χ0) is 13.0. The van der Waals surface area contributed by atoms with Crippen LogP contribution in [0.1, 0.15) is 18.5 Å². The van der Waals surface area contributed by atoms with Gasteiger partial charge in [0, 0.05) is 18.8 Å². The minimum atomic E-state index is -4.26. The van der Waals surface area contributed by atoms with E-state index in [1.807, 2.05) is 6.07 Å². The van der Waals surface area contributed by atoms with Gasteiger partial charge in [0.2, 0.25) is 0 Å². The third kappa shape index (κ3) is 4.66. The summed E-state index contributed by atoms with van der Waals surface area (Å²) in [6.45, 7) is -0.157. The number of halogens is 3. The van der Waals surface area contributed by atoms with Crippen molar-refractivity contribution in [2.45, 2.75) is 38.1 Å². The Morgan fingerprint density at radius 1 is 1.44 bits per heavy atom. The number of nitrogens with zero attached hydrogens (tertiary/aromatic N) is 2. The lowest BCUT2D eigenvalue weighted by Gasteiger charge is -2.10. The van der Waals surface area contributed by atoms with E-state index in [1.165, 1.54) is 12.8 Å². The van der Waals surface area contributed by atoms with Crippen molar-refractivity contribution >= 4 is 0 Å². The SMILES string of the molecule is FC(F)(F)COCCn1nccc1CNC1CC1. The van der Waals surface area contributed by atoms with Crippen LogP contribution in [0.15, 0.2) is 12.3 Å². The Bertz CT molecular complexity index is 374. The topological polar surface area (TPSA) is 39.1 Å². The van der Waals surface area contributed by atoms with Crippen LogP contribution in [0, 0.1) is 0 Å². The molecule has 0 unspecified atom stereocenters. The van der Waals surface area contributed by atoms with E-state index in [4.69, 9.17) is 0 Å². The van der Waals surface area contributed by atoms with Crippen molar-refractivity contribution in [2.24, 2.45) is 0 Å². The first-order chi connectivity index (χ1) is 8.54. The van der Waals surface area contributed by atoms with Crippen molar-refractivity contribution in [2.75, 3.05) is 13.2 Å². The number of ether oxygens (including phenoxy) is 1. The van der Waals surface area contributed by atoms with Crippen molar-refractivity contribution < 1.29 is 17.9 Å². The van der Waals surface area contributed by atoms with Crippen molar-refractivity contribution in [3.8, 4) is 0 Å². The molecule has 4 nitrogen and oxygen atoms in total. The van der Waals surface area contributed by atoms with Crippen molar-refractivity contribution in [1.29, 1.82) is 0 Å². The molecule has 0 spiro atoms. The van der Waals surface area contributed by atoms with Crippen LogP contribution in [0.4, 0.5) is 13.2 Å². The second-order valence-electron chi connectivity index (χ2n) is 4.37. The summed E-state index contributed by atoms with van der Waals surface area (Å²) < 4.78 is 41.8. The predicted octanol–water partition coefficient (Wildman–Crippen LogP) is 1.71. The Labute approximate surface area is 103 Å². The Hall–Kier alpha value is -1.08. The summed E-state index contributed by atoms with van der Waals surface area (Å²) in [4.78, 5) is 0. The van der Waals surface area contributed by atoms with Gasteiger partial charge in [0.05, 0.1) is 18.8 Å². The normalized spacial score (nSPS) is 16.2. The van der Waals surface area contributed by atoms with Crippen molar-refractivity contribution in [3.05, 3.63) is 18.0 Å². The second-order valence-corrected chi connectivity index (χ2v) is 4.37.